The first-order valence-corrected chi connectivity index (χ1v) is 58.8. The molecule has 14 rings (SSSR count). The van der Waals surface area contributed by atoms with Crippen molar-refractivity contribution in [2.45, 2.75) is 114 Å². The Kier molecular flexibility index (Phi) is 64.0. The van der Waals surface area contributed by atoms with E-state index < -0.39 is 15.4 Å². The molecule has 12 aromatic rings. The summed E-state index contributed by atoms with van der Waals surface area (Å²) in [4.78, 5) is 59.6. The molecular formula is C97H101BClK3N4O11P2Pd2-6. The Morgan fingerprint density at radius 3 is 1.05 bits per heavy atom. The van der Waals surface area contributed by atoms with Crippen LogP contribution in [0.3, 0.4) is 0 Å². The molecule has 2 N–H and O–H groups in total. The van der Waals surface area contributed by atoms with E-state index in [0.717, 1.165) is 39.6 Å². The first kappa shape index (κ1) is 110. The summed E-state index contributed by atoms with van der Waals surface area (Å²) in [5, 5.41) is 27.7. The normalized spacial score (nSPS) is 11.5. The second-order valence-electron chi connectivity index (χ2n) is 26.7. The van der Waals surface area contributed by atoms with Crippen LogP contribution in [0.2, 0.25) is 5.15 Å². The van der Waals surface area contributed by atoms with Gasteiger partial charge in [0.2, 0.25) is 0 Å². The Morgan fingerprint density at radius 2 is 0.777 bits per heavy atom. The Balaban J connectivity index is 0.000000371. The number of ketones is 3. The quantitative estimate of drug-likeness (QED) is 0.0122. The third kappa shape index (κ3) is 47.5. The van der Waals surface area contributed by atoms with Gasteiger partial charge in [0.25, 0.3) is 0 Å². The van der Waals surface area contributed by atoms with E-state index in [1.54, 1.807) is 101 Å². The summed E-state index contributed by atoms with van der Waals surface area (Å²) in [6.45, 7) is 0. The molecule has 0 saturated heterocycles. The smallest absolute Gasteiger partial charge is 0.0717 e. The van der Waals surface area contributed by atoms with Gasteiger partial charge in [-0.25, -0.2) is 9.66 Å². The van der Waals surface area contributed by atoms with E-state index in [1.165, 1.54) is 173 Å². The fraction of sp³-hybridized carbons (Fsp3) is 0.206. The summed E-state index contributed by atoms with van der Waals surface area (Å²) in [5.74, 6) is 2.13. The number of pyridine rings is 4. The predicted octanol–water partition coefficient (Wildman–Crippen LogP) is 14.7. The number of nitrogens with zero attached hydrogens (tertiary/aromatic N) is 4. The third-order valence-corrected chi connectivity index (χ3v) is 22.3. The van der Waals surface area contributed by atoms with Gasteiger partial charge >= 0.3 is 130 Å². The monoisotopic (exact) mass is 1930 g/mol. The third-order valence-electron chi connectivity index (χ3n) is 18.4. The van der Waals surface area contributed by atoms with Crippen LogP contribution in [-0.4, -0.2) is 143 Å². The molecule has 0 amide bonds. The second kappa shape index (κ2) is 70.2. The van der Waals surface area contributed by atoms with Crippen molar-refractivity contribution < 1.29 is 146 Å². The van der Waals surface area contributed by atoms with E-state index in [1.807, 2.05) is 237 Å². The molecule has 4 heterocycles. The zero-order valence-electron chi connectivity index (χ0n) is 69.4. The molecule has 0 aliphatic heterocycles. The number of hydrogen-bond acceptors (Lipinski definition) is 15. The Bertz CT molecular complexity index is 4190. The van der Waals surface area contributed by atoms with Crippen molar-refractivity contribution in [1.29, 1.82) is 0 Å². The van der Waals surface area contributed by atoms with Gasteiger partial charge in [-0.1, -0.05) is 322 Å². The molecule has 8 aromatic carbocycles. The number of ether oxygens (including phenoxy) is 2. The van der Waals surface area contributed by atoms with E-state index in [9.17, 15) is 14.4 Å². The van der Waals surface area contributed by atoms with Gasteiger partial charge in [-0.15, -0.1) is 55.9 Å². The summed E-state index contributed by atoms with van der Waals surface area (Å²) in [7, 11) is -1.20. The van der Waals surface area contributed by atoms with Crippen LogP contribution < -0.4 is 81.8 Å². The van der Waals surface area contributed by atoms with Gasteiger partial charge in [0, 0.05) is 89.1 Å². The van der Waals surface area contributed by atoms with Crippen LogP contribution in [0, 0.1) is 38.5 Å². The minimum atomic E-state index is -3.15. The predicted molar refractivity (Wildman–Crippen MR) is 478 cm³/mol. The van der Waals surface area contributed by atoms with Crippen molar-refractivity contribution in [3.8, 4) is 33.9 Å². The van der Waals surface area contributed by atoms with Crippen molar-refractivity contribution in [3.05, 3.63) is 399 Å². The molecular weight excluding hydrogens is 1840 g/mol. The number of rotatable bonds is 27. The molecule has 24 heteroatoms. The first-order chi connectivity index (χ1) is 57.8. The number of aromatic nitrogens is 4. The zero-order valence-corrected chi connectivity index (χ0v) is 84.4. The largest absolute Gasteiger partial charge is 0.264 e. The molecule has 15 nitrogen and oxygen atoms in total. The van der Waals surface area contributed by atoms with Crippen LogP contribution in [0.1, 0.15) is 97.6 Å². The number of carbonyl (C=O) groups is 3. The average molecular weight is 1940 g/mol. The summed E-state index contributed by atoms with van der Waals surface area (Å²) in [6, 6.07) is 93.8. The van der Waals surface area contributed by atoms with Crippen molar-refractivity contribution in [2.24, 2.45) is 0 Å². The van der Waals surface area contributed by atoms with Gasteiger partial charge in [0.15, 0.2) is 0 Å². The molecule has 2 aliphatic rings. The van der Waals surface area contributed by atoms with Gasteiger partial charge in [-0.3, -0.25) is 15.0 Å². The molecule has 2 saturated carbocycles. The summed E-state index contributed by atoms with van der Waals surface area (Å²) >= 11 is 7.93. The van der Waals surface area contributed by atoms with Crippen LogP contribution in [-0.2, 0) is 103 Å². The number of benzene rings is 8. The molecule has 4 aromatic heterocycles. The second-order valence-corrected chi connectivity index (χ2v) is 30.4. The number of methoxy groups -OCH3 is 2. The van der Waals surface area contributed by atoms with Crippen molar-refractivity contribution in [2.75, 3.05) is 14.2 Å². The molecule has 2 fully saturated rings. The van der Waals surface area contributed by atoms with E-state index in [4.69, 9.17) is 45.8 Å². The topological polar surface area (TPSA) is 234 Å². The average Bonchev–Trinajstić information content (AvgIpc) is 0.773. The van der Waals surface area contributed by atoms with Gasteiger partial charge in [-0.2, -0.15) is 0 Å². The van der Waals surface area contributed by atoms with Crippen molar-refractivity contribution in [3.63, 3.8) is 0 Å². The Labute approximate surface area is 840 Å². The maximum absolute atomic E-state index is 11.7. The summed E-state index contributed by atoms with van der Waals surface area (Å²) in [5.41, 5.74) is 13.7. The Morgan fingerprint density at radius 1 is 0.446 bits per heavy atom. The van der Waals surface area contributed by atoms with Gasteiger partial charge in [0.05, 0.1) is 25.5 Å². The van der Waals surface area contributed by atoms with Gasteiger partial charge in [-0.05, 0) is 107 Å². The van der Waals surface area contributed by atoms with Crippen molar-refractivity contribution >= 4 is 126 Å². The van der Waals surface area contributed by atoms with Crippen LogP contribution >= 0.6 is 27.8 Å². The van der Waals surface area contributed by atoms with Gasteiger partial charge in [0.1, 0.15) is 16.7 Å². The molecule has 624 valence electrons. The van der Waals surface area contributed by atoms with Crippen molar-refractivity contribution in [1.82, 2.24) is 19.9 Å². The van der Waals surface area contributed by atoms with Crippen LogP contribution in [0.15, 0.2) is 322 Å². The fourth-order valence-electron chi connectivity index (χ4n) is 12.6. The summed E-state index contributed by atoms with van der Waals surface area (Å²) < 4.78 is 22.9. The number of carbonyl (C=O) groups excluding carboxylic acids is 3. The molecule has 0 radical (unpaired) electrons. The molecule has 2 aliphatic carbocycles. The first-order valence-electron chi connectivity index (χ1n) is 39.8. The maximum atomic E-state index is 11.7. The zero-order chi connectivity index (χ0) is 84.3. The summed E-state index contributed by atoms with van der Waals surface area (Å²) in [6.07, 6.45) is 38.7. The standard InChI is InChI=1S/C26H35O2P.3C17H16O.C10H8N2.C5H6BNO2.C5H4ClN.3K.HO4P.2Pd/c1-27-23-17-11-18-24(28-2)26(23)22-16-9-10-19-25(22)29(20-12-5-3-6-13-20)21-14-7-4-8-15-21;3*18-17(13-11-15-7-3-1-4-8-15)14-12-16-9-5-2-6-10-16;1-2-7-12-10(5-1)9-4-3-6-11-8-9;8-6(9)5-2-1-3-7-4-5;6-5-3-1-2-4-7-5;;;;1-4-5(2)3;;/h9-11,16-21H,3-8,12-15H2,1-2H3;3*1-10,13-14H,11-12H2;1-8H;1-4,8-9H;1-4H;;;;1H;;/q;3*-2;;;;;;+1;;;/p-1. The van der Waals surface area contributed by atoms with Crippen LogP contribution in [0.25, 0.3) is 22.4 Å². The van der Waals surface area contributed by atoms with Crippen LogP contribution in [0.5, 0.6) is 11.5 Å². The van der Waals surface area contributed by atoms with E-state index in [2.05, 4.69) is 61.0 Å². The van der Waals surface area contributed by atoms with E-state index >= 15 is 0 Å². The molecule has 0 spiro atoms. The Hall–Kier alpha value is -4.89. The molecule has 1 unspecified atom stereocenters. The van der Waals surface area contributed by atoms with E-state index in [-0.39, 0.29) is 118 Å². The number of Topliss-reactive ketones (excluding diaryl/α,β-unsaturated/α-hetero) is 3. The number of hydrogen-bond donors (Lipinski definition) is 2. The minimum absolute atomic E-state index is 0. The fourth-order valence-corrected chi connectivity index (χ4v) is 16.7. The van der Waals surface area contributed by atoms with E-state index in [0.29, 0.717) is 49.1 Å². The van der Waals surface area contributed by atoms with Crippen LogP contribution in [0.4, 0.5) is 0 Å². The SMILES string of the molecule is COc1cccc(OC)c1-c1ccccc1P(C1CCCCC1)C1CCCCC1.Clc1ccccn1.O=C([CH-]Cc1ccccc1)[CH-]Cc1ccccc1.O=C([CH-]Cc1ccccc1)[CH-]Cc1ccccc1.O=C([CH-]Cc1ccccc1)[CH-]Cc1ccccc1.O=[P+]([O-])O[O-].OB(O)c1cccnc1.[K+].[K][K].[Pd].[Pd].c1ccc(-c2cccnc2)nc1. The molecule has 0 bridgehead atoms. The minimum Gasteiger partial charge on any atom is -0.264 e. The molecule has 121 heavy (non-hydrogen) atoms. The number of halogens is 1. The molecule has 1 atom stereocenters. The maximum Gasteiger partial charge on any atom is 0.0717 e. The van der Waals surface area contributed by atoms with Gasteiger partial charge < -0.3 is 82.6 Å².